The van der Waals surface area contributed by atoms with E-state index in [1.54, 1.807) is 13.3 Å². The molecule has 0 bridgehead atoms. The Morgan fingerprint density at radius 2 is 2.05 bits per heavy atom. The highest BCUT2D eigenvalue weighted by Crippen LogP contribution is 2.39. The van der Waals surface area contributed by atoms with Gasteiger partial charge in [0.25, 0.3) is 0 Å². The maximum absolute atomic E-state index is 10.8. The summed E-state index contributed by atoms with van der Waals surface area (Å²) in [6.07, 6.45) is 5.36. The van der Waals surface area contributed by atoms with E-state index in [2.05, 4.69) is 9.88 Å². The summed E-state index contributed by atoms with van der Waals surface area (Å²) in [5.41, 5.74) is 6.00. The van der Waals surface area contributed by atoms with E-state index in [4.69, 9.17) is 10.5 Å². The van der Waals surface area contributed by atoms with Gasteiger partial charge in [0.05, 0.1) is 12.7 Å². The lowest BCUT2D eigenvalue weighted by Gasteiger charge is -2.47. The van der Waals surface area contributed by atoms with Gasteiger partial charge in [0.2, 0.25) is 5.88 Å². The van der Waals surface area contributed by atoms with Crippen molar-refractivity contribution in [1.82, 2.24) is 9.88 Å². The smallest absolute Gasteiger partial charge is 0.212 e. The minimum absolute atomic E-state index is 0.349. The van der Waals surface area contributed by atoms with Crippen LogP contribution in [0.4, 0.5) is 0 Å². The summed E-state index contributed by atoms with van der Waals surface area (Å²) in [4.78, 5) is 6.64. The topological polar surface area (TPSA) is 71.6 Å². The lowest BCUT2D eigenvalue weighted by molar-refractivity contribution is -0.0378. The first kappa shape index (κ1) is 13.8. The SMILES string of the molecule is COc1ccc(C2(O)CCC(N3CC(N)C3)CC2)cn1. The molecule has 1 saturated carbocycles. The predicted molar refractivity (Wildman–Crippen MR) is 76.5 cm³/mol. The van der Waals surface area contributed by atoms with Gasteiger partial charge in [-0.2, -0.15) is 0 Å². The Bertz CT molecular complexity index is 449. The van der Waals surface area contributed by atoms with Gasteiger partial charge in [0.1, 0.15) is 0 Å². The third kappa shape index (κ3) is 2.53. The van der Waals surface area contributed by atoms with E-state index in [0.717, 1.165) is 44.3 Å². The molecule has 1 aromatic heterocycles. The Hall–Kier alpha value is -1.17. The molecule has 5 nitrogen and oxygen atoms in total. The minimum Gasteiger partial charge on any atom is -0.481 e. The van der Waals surface area contributed by atoms with Crippen LogP contribution in [0, 0.1) is 0 Å². The number of nitrogens with two attached hydrogens (primary N) is 1. The Balaban J connectivity index is 1.62. The molecule has 3 rings (SSSR count). The highest BCUT2D eigenvalue weighted by Gasteiger charge is 2.39. The Labute approximate surface area is 119 Å². The largest absolute Gasteiger partial charge is 0.481 e. The van der Waals surface area contributed by atoms with Crippen molar-refractivity contribution < 1.29 is 9.84 Å². The van der Waals surface area contributed by atoms with Gasteiger partial charge in [0, 0.05) is 43.0 Å². The molecule has 2 aliphatic rings. The van der Waals surface area contributed by atoms with Crippen LogP contribution in [0.1, 0.15) is 31.2 Å². The second-order valence-corrected chi connectivity index (χ2v) is 6.07. The Kier molecular flexibility index (Phi) is 3.67. The summed E-state index contributed by atoms with van der Waals surface area (Å²) >= 11 is 0. The van der Waals surface area contributed by atoms with Crippen LogP contribution in [0.3, 0.4) is 0 Å². The van der Waals surface area contributed by atoms with Gasteiger partial charge in [-0.1, -0.05) is 0 Å². The summed E-state index contributed by atoms with van der Waals surface area (Å²) < 4.78 is 5.06. The normalized spacial score (nSPS) is 31.9. The van der Waals surface area contributed by atoms with Crippen molar-refractivity contribution in [2.45, 2.75) is 43.4 Å². The van der Waals surface area contributed by atoms with Crippen molar-refractivity contribution in [3.63, 3.8) is 0 Å². The average molecular weight is 277 g/mol. The van der Waals surface area contributed by atoms with Gasteiger partial charge in [-0.25, -0.2) is 4.98 Å². The molecular weight excluding hydrogens is 254 g/mol. The number of likely N-dealkylation sites (tertiary alicyclic amines) is 1. The van der Waals surface area contributed by atoms with Gasteiger partial charge in [-0.3, -0.25) is 4.90 Å². The standard InChI is InChI=1S/C15H23N3O2/c1-20-14-3-2-11(8-17-14)15(19)6-4-13(5-7-15)18-9-12(16)10-18/h2-3,8,12-13,19H,4-7,9-10,16H2,1H3. The predicted octanol–water partition coefficient (Wildman–Crippen LogP) is 0.863. The minimum atomic E-state index is -0.733. The second kappa shape index (κ2) is 5.31. The fraction of sp³-hybridized carbons (Fsp3) is 0.667. The number of aliphatic hydroxyl groups is 1. The molecule has 2 heterocycles. The van der Waals surface area contributed by atoms with E-state index >= 15 is 0 Å². The molecule has 1 saturated heterocycles. The van der Waals surface area contributed by atoms with Gasteiger partial charge in [-0.15, -0.1) is 0 Å². The molecule has 5 heteroatoms. The number of nitrogens with zero attached hydrogens (tertiary/aromatic N) is 2. The Morgan fingerprint density at radius 3 is 2.55 bits per heavy atom. The van der Waals surface area contributed by atoms with Crippen LogP contribution in [-0.4, -0.2) is 47.3 Å². The van der Waals surface area contributed by atoms with Crippen molar-refractivity contribution in [3.05, 3.63) is 23.9 Å². The molecule has 1 aliphatic heterocycles. The third-order valence-corrected chi connectivity index (χ3v) is 4.72. The van der Waals surface area contributed by atoms with Crippen LogP contribution < -0.4 is 10.5 Å². The fourth-order valence-electron chi connectivity index (χ4n) is 3.36. The zero-order valence-corrected chi connectivity index (χ0v) is 12.0. The molecule has 1 aliphatic carbocycles. The van der Waals surface area contributed by atoms with E-state index in [9.17, 15) is 5.11 Å². The second-order valence-electron chi connectivity index (χ2n) is 6.07. The van der Waals surface area contributed by atoms with E-state index in [0.29, 0.717) is 18.0 Å². The lowest BCUT2D eigenvalue weighted by atomic mass is 9.77. The summed E-state index contributed by atoms with van der Waals surface area (Å²) in [6.45, 7) is 2.01. The van der Waals surface area contributed by atoms with Crippen LogP contribution in [0.5, 0.6) is 5.88 Å². The van der Waals surface area contributed by atoms with E-state index in [-0.39, 0.29) is 0 Å². The summed E-state index contributed by atoms with van der Waals surface area (Å²) in [7, 11) is 1.60. The summed E-state index contributed by atoms with van der Waals surface area (Å²) in [5, 5.41) is 10.8. The molecular formula is C15H23N3O2. The van der Waals surface area contributed by atoms with Gasteiger partial charge in [-0.05, 0) is 31.7 Å². The molecule has 2 fully saturated rings. The first-order chi connectivity index (χ1) is 9.60. The van der Waals surface area contributed by atoms with Gasteiger partial charge >= 0.3 is 0 Å². The lowest BCUT2D eigenvalue weighted by Crippen LogP contribution is -2.60. The van der Waals surface area contributed by atoms with Crippen LogP contribution >= 0.6 is 0 Å². The van der Waals surface area contributed by atoms with Crippen molar-refractivity contribution in [1.29, 1.82) is 0 Å². The maximum atomic E-state index is 10.8. The van der Waals surface area contributed by atoms with E-state index < -0.39 is 5.60 Å². The number of ether oxygens (including phenoxy) is 1. The highest BCUT2D eigenvalue weighted by atomic mass is 16.5. The molecule has 0 atom stereocenters. The van der Waals surface area contributed by atoms with Crippen LogP contribution in [-0.2, 0) is 5.60 Å². The van der Waals surface area contributed by atoms with Crippen molar-refractivity contribution in [2.24, 2.45) is 5.73 Å². The summed E-state index contributed by atoms with van der Waals surface area (Å²) in [6, 6.07) is 4.67. The Morgan fingerprint density at radius 1 is 1.35 bits per heavy atom. The molecule has 0 aromatic carbocycles. The van der Waals surface area contributed by atoms with E-state index in [1.165, 1.54) is 0 Å². The van der Waals surface area contributed by atoms with Crippen molar-refractivity contribution in [3.8, 4) is 5.88 Å². The molecule has 20 heavy (non-hydrogen) atoms. The molecule has 0 radical (unpaired) electrons. The highest BCUT2D eigenvalue weighted by molar-refractivity contribution is 5.24. The molecule has 0 amide bonds. The maximum Gasteiger partial charge on any atom is 0.212 e. The van der Waals surface area contributed by atoms with Crippen LogP contribution in [0.15, 0.2) is 18.3 Å². The fourth-order valence-corrected chi connectivity index (χ4v) is 3.36. The molecule has 1 aromatic rings. The first-order valence-corrected chi connectivity index (χ1v) is 7.33. The zero-order chi connectivity index (χ0) is 14.2. The zero-order valence-electron chi connectivity index (χ0n) is 12.0. The van der Waals surface area contributed by atoms with E-state index in [1.807, 2.05) is 12.1 Å². The molecule has 110 valence electrons. The van der Waals surface area contributed by atoms with Crippen molar-refractivity contribution in [2.75, 3.05) is 20.2 Å². The van der Waals surface area contributed by atoms with Crippen molar-refractivity contribution >= 4 is 0 Å². The first-order valence-electron chi connectivity index (χ1n) is 7.33. The monoisotopic (exact) mass is 277 g/mol. The van der Waals surface area contributed by atoms with Gasteiger partial charge < -0.3 is 15.6 Å². The number of rotatable bonds is 3. The number of pyridine rings is 1. The summed E-state index contributed by atoms with van der Waals surface area (Å²) in [5.74, 6) is 0.584. The van der Waals surface area contributed by atoms with Crippen LogP contribution in [0.25, 0.3) is 0 Å². The number of hydrogen-bond donors (Lipinski definition) is 2. The van der Waals surface area contributed by atoms with Gasteiger partial charge in [0.15, 0.2) is 0 Å². The number of aromatic nitrogens is 1. The molecule has 0 unspecified atom stereocenters. The number of hydrogen-bond acceptors (Lipinski definition) is 5. The third-order valence-electron chi connectivity index (χ3n) is 4.72. The quantitative estimate of drug-likeness (QED) is 0.857. The molecule has 3 N–H and O–H groups in total. The van der Waals surface area contributed by atoms with Crippen LogP contribution in [0.2, 0.25) is 0 Å². The molecule has 0 spiro atoms. The average Bonchev–Trinajstić information content (AvgIpc) is 2.45. The number of methoxy groups -OCH3 is 1.